The Morgan fingerprint density at radius 1 is 0.893 bits per heavy atom. The van der Waals surface area contributed by atoms with Gasteiger partial charge in [-0.2, -0.15) is 0 Å². The summed E-state index contributed by atoms with van der Waals surface area (Å²) >= 11 is 0. The molecule has 28 heavy (non-hydrogen) atoms. The number of rotatable bonds is 2. The van der Waals surface area contributed by atoms with Gasteiger partial charge in [0.2, 0.25) is 0 Å². The maximum atomic E-state index is 11.7. The van der Waals surface area contributed by atoms with Gasteiger partial charge < -0.3 is 5.73 Å². The average molecular weight is 370 g/mol. The van der Waals surface area contributed by atoms with Gasteiger partial charge in [-0.15, -0.1) is 0 Å². The topological polar surface area (TPSA) is 56.0 Å². The molecule has 142 valence electrons. The Kier molecular flexibility index (Phi) is 4.38. The molecule has 2 aromatic carbocycles. The van der Waals surface area contributed by atoms with Crippen LogP contribution in [0.5, 0.6) is 0 Å². The molecule has 1 heterocycles. The molecule has 0 aliphatic heterocycles. The van der Waals surface area contributed by atoms with Crippen LogP contribution in [0.1, 0.15) is 43.4 Å². The van der Waals surface area contributed by atoms with Gasteiger partial charge >= 0.3 is 0 Å². The summed E-state index contributed by atoms with van der Waals surface area (Å²) in [5.41, 5.74) is 13.2. The van der Waals surface area contributed by atoms with E-state index in [1.54, 1.807) is 0 Å². The summed E-state index contributed by atoms with van der Waals surface area (Å²) in [6.07, 6.45) is 6.95. The molecule has 1 fully saturated rings. The van der Waals surface area contributed by atoms with Crippen LogP contribution in [0.15, 0.2) is 48.5 Å². The maximum Gasteiger partial charge on any atom is 0.132 e. The maximum absolute atomic E-state index is 11.7. The van der Waals surface area contributed by atoms with Crippen LogP contribution in [0.3, 0.4) is 0 Å². The third kappa shape index (κ3) is 3.09. The van der Waals surface area contributed by atoms with E-state index in [4.69, 9.17) is 10.7 Å². The number of carbonyl (C=O) groups excluding carboxylic acids is 1. The van der Waals surface area contributed by atoms with E-state index in [2.05, 4.69) is 42.5 Å². The van der Waals surface area contributed by atoms with Gasteiger partial charge in [-0.05, 0) is 78.8 Å². The van der Waals surface area contributed by atoms with E-state index in [0.29, 0.717) is 17.6 Å². The molecule has 0 spiro atoms. The monoisotopic (exact) mass is 370 g/mol. The van der Waals surface area contributed by atoms with E-state index in [1.165, 1.54) is 28.8 Å². The third-order valence-electron chi connectivity index (χ3n) is 6.73. The van der Waals surface area contributed by atoms with Crippen molar-refractivity contribution in [3.8, 4) is 11.1 Å². The van der Waals surface area contributed by atoms with E-state index in [1.807, 2.05) is 6.07 Å². The second-order valence-corrected chi connectivity index (χ2v) is 8.43. The molecule has 3 heteroatoms. The quantitative estimate of drug-likeness (QED) is 0.619. The largest absolute Gasteiger partial charge is 0.399 e. The summed E-state index contributed by atoms with van der Waals surface area (Å²) in [6.45, 7) is 0. The van der Waals surface area contributed by atoms with Crippen molar-refractivity contribution in [1.29, 1.82) is 0 Å². The molecule has 0 bridgehead atoms. The van der Waals surface area contributed by atoms with Gasteiger partial charge in [0.05, 0.1) is 5.52 Å². The van der Waals surface area contributed by atoms with Gasteiger partial charge in [-0.25, -0.2) is 0 Å². The molecule has 2 aliphatic rings. The normalized spacial score (nSPS) is 20.3. The van der Waals surface area contributed by atoms with Crippen LogP contribution in [0.4, 0.5) is 5.69 Å². The number of Topliss-reactive ketones (excluding diaryl/α,β-unsaturated/α-hetero) is 1. The molecule has 0 amide bonds. The Hall–Kier alpha value is -2.68. The highest BCUT2D eigenvalue weighted by molar-refractivity contribution is 5.98. The van der Waals surface area contributed by atoms with Crippen molar-refractivity contribution in [1.82, 2.24) is 4.98 Å². The number of nitrogen functional groups attached to an aromatic ring is 1. The lowest BCUT2D eigenvalue weighted by Gasteiger charge is -2.34. The number of aromatic nitrogens is 1. The van der Waals surface area contributed by atoms with Crippen LogP contribution in [0, 0.1) is 11.8 Å². The SMILES string of the molecule is Nc1ccc2nc3c(c(-c4ccccc4)c2c1)CC(C1CCC(=O)CC1)CC3. The predicted molar refractivity (Wildman–Crippen MR) is 114 cm³/mol. The number of nitrogens with two attached hydrogens (primary N) is 1. The van der Waals surface area contributed by atoms with Gasteiger partial charge in [0.25, 0.3) is 0 Å². The molecule has 1 saturated carbocycles. The average Bonchev–Trinajstić information content (AvgIpc) is 2.73. The Labute approximate surface area is 166 Å². The highest BCUT2D eigenvalue weighted by Gasteiger charge is 2.31. The predicted octanol–water partition coefficient (Wildman–Crippen LogP) is 5.35. The minimum absolute atomic E-state index is 0.445. The second kappa shape index (κ2) is 7.05. The molecule has 0 radical (unpaired) electrons. The van der Waals surface area contributed by atoms with Gasteiger partial charge in [0, 0.05) is 29.6 Å². The Balaban J connectivity index is 1.63. The highest BCUT2D eigenvalue weighted by Crippen LogP contribution is 2.42. The number of pyridine rings is 1. The van der Waals surface area contributed by atoms with Crippen molar-refractivity contribution in [2.75, 3.05) is 5.73 Å². The van der Waals surface area contributed by atoms with E-state index in [0.717, 1.165) is 55.1 Å². The number of anilines is 1. The number of carbonyl (C=O) groups is 1. The molecule has 5 rings (SSSR count). The summed E-state index contributed by atoms with van der Waals surface area (Å²) in [7, 11) is 0. The van der Waals surface area contributed by atoms with E-state index in [-0.39, 0.29) is 0 Å². The minimum Gasteiger partial charge on any atom is -0.399 e. The van der Waals surface area contributed by atoms with Crippen molar-refractivity contribution < 1.29 is 4.79 Å². The van der Waals surface area contributed by atoms with Crippen LogP contribution < -0.4 is 5.73 Å². The lowest BCUT2D eigenvalue weighted by atomic mass is 9.71. The molecule has 1 atom stereocenters. The zero-order valence-electron chi connectivity index (χ0n) is 16.2. The van der Waals surface area contributed by atoms with Crippen molar-refractivity contribution in [2.45, 2.75) is 44.9 Å². The van der Waals surface area contributed by atoms with Crippen molar-refractivity contribution in [3.05, 3.63) is 59.8 Å². The molecule has 2 N–H and O–H groups in total. The molecule has 3 aromatic rings. The van der Waals surface area contributed by atoms with E-state index < -0.39 is 0 Å². The van der Waals surface area contributed by atoms with Gasteiger partial charge in [-0.3, -0.25) is 9.78 Å². The molecular weight excluding hydrogens is 344 g/mol. The van der Waals surface area contributed by atoms with Crippen LogP contribution in [0.25, 0.3) is 22.0 Å². The van der Waals surface area contributed by atoms with Crippen LogP contribution in [-0.4, -0.2) is 10.8 Å². The summed E-state index contributed by atoms with van der Waals surface area (Å²) in [5.74, 6) is 1.77. The van der Waals surface area contributed by atoms with Gasteiger partial charge in [0.1, 0.15) is 5.78 Å². The molecule has 1 unspecified atom stereocenters. The number of hydrogen-bond donors (Lipinski definition) is 1. The fourth-order valence-corrected chi connectivity index (χ4v) is 5.25. The number of nitrogens with zero attached hydrogens (tertiary/aromatic N) is 1. The molecule has 3 nitrogen and oxygen atoms in total. The molecular formula is C25H26N2O. The first-order valence-electron chi connectivity index (χ1n) is 10.5. The van der Waals surface area contributed by atoms with Crippen LogP contribution in [-0.2, 0) is 17.6 Å². The molecule has 1 aromatic heterocycles. The lowest BCUT2D eigenvalue weighted by Crippen LogP contribution is -2.27. The smallest absolute Gasteiger partial charge is 0.132 e. The first kappa shape index (κ1) is 17.4. The van der Waals surface area contributed by atoms with Gasteiger partial charge in [0.15, 0.2) is 0 Å². The lowest BCUT2D eigenvalue weighted by molar-refractivity contribution is -0.121. The summed E-state index contributed by atoms with van der Waals surface area (Å²) in [5, 5.41) is 1.16. The first-order chi connectivity index (χ1) is 13.7. The minimum atomic E-state index is 0.445. The Bertz CT molecular complexity index is 1030. The Morgan fingerprint density at radius 3 is 2.43 bits per heavy atom. The summed E-state index contributed by atoms with van der Waals surface area (Å²) in [6, 6.07) is 16.7. The van der Waals surface area contributed by atoms with E-state index >= 15 is 0 Å². The summed E-state index contributed by atoms with van der Waals surface area (Å²) < 4.78 is 0. The number of aryl methyl sites for hydroxylation is 1. The third-order valence-corrected chi connectivity index (χ3v) is 6.73. The van der Waals surface area contributed by atoms with Crippen LogP contribution >= 0.6 is 0 Å². The zero-order valence-corrected chi connectivity index (χ0v) is 16.2. The second-order valence-electron chi connectivity index (χ2n) is 8.43. The standard InChI is InChI=1S/C25H26N2O/c26-19-9-13-24-22(15-19)25(17-4-2-1-3-5-17)21-14-18(8-12-23(21)27-24)16-6-10-20(28)11-7-16/h1-5,9,13,15-16,18H,6-8,10-12,14,26H2. The Morgan fingerprint density at radius 2 is 1.64 bits per heavy atom. The van der Waals surface area contributed by atoms with Crippen LogP contribution in [0.2, 0.25) is 0 Å². The van der Waals surface area contributed by atoms with Crippen molar-refractivity contribution in [2.24, 2.45) is 11.8 Å². The molecule has 2 aliphatic carbocycles. The first-order valence-corrected chi connectivity index (χ1v) is 10.5. The number of ketones is 1. The van der Waals surface area contributed by atoms with Crippen molar-refractivity contribution in [3.63, 3.8) is 0 Å². The fourth-order valence-electron chi connectivity index (χ4n) is 5.25. The number of hydrogen-bond acceptors (Lipinski definition) is 3. The fraction of sp³-hybridized carbons (Fsp3) is 0.360. The zero-order chi connectivity index (χ0) is 19.1. The van der Waals surface area contributed by atoms with Gasteiger partial charge in [-0.1, -0.05) is 30.3 Å². The van der Waals surface area contributed by atoms with E-state index in [9.17, 15) is 4.79 Å². The molecule has 0 saturated heterocycles. The number of fused-ring (bicyclic) bond motifs is 2. The van der Waals surface area contributed by atoms with Crippen molar-refractivity contribution >= 4 is 22.4 Å². The number of benzene rings is 2. The highest BCUT2D eigenvalue weighted by atomic mass is 16.1. The summed E-state index contributed by atoms with van der Waals surface area (Å²) in [4.78, 5) is 16.7.